The number of rotatable bonds is 3. The van der Waals surface area contributed by atoms with Gasteiger partial charge < -0.3 is 0 Å². The molecule has 0 aromatic heterocycles. The molecule has 0 fully saturated rings. The van der Waals surface area contributed by atoms with E-state index in [0.29, 0.717) is 6.42 Å². The monoisotopic (exact) mass is 234 g/mol. The number of nitrogens with zero attached hydrogens (tertiary/aromatic N) is 2. The van der Waals surface area contributed by atoms with Crippen LogP contribution in [-0.2, 0) is 0 Å². The van der Waals surface area contributed by atoms with Crippen molar-refractivity contribution in [3.8, 4) is 11.8 Å². The topological polar surface area (TPSA) is 86.3 Å². The molecule has 0 aliphatic rings. The van der Waals surface area contributed by atoms with Crippen LogP contribution in [0.25, 0.3) is 0 Å². The Hall–Kier alpha value is -2.42. The zero-order valence-electron chi connectivity index (χ0n) is 9.17. The lowest BCUT2D eigenvalue weighted by Crippen LogP contribution is -1.97. The molecule has 0 aliphatic heterocycles. The quantitative estimate of drug-likeness (QED) is 0.457. The first-order valence-corrected chi connectivity index (χ1v) is 4.98. The largest absolute Gasteiger partial charge is 0.291 e. The van der Waals surface area contributed by atoms with Crippen molar-refractivity contribution in [1.29, 1.82) is 0 Å². The van der Waals surface area contributed by atoms with Gasteiger partial charge in [0.15, 0.2) is 5.56 Å². The molecule has 0 amide bonds. The van der Waals surface area contributed by atoms with Gasteiger partial charge in [0.05, 0.1) is 9.85 Å². The molecule has 0 saturated heterocycles. The predicted octanol–water partition coefficient (Wildman–Crippen LogP) is 2.65. The minimum atomic E-state index is -0.664. The van der Waals surface area contributed by atoms with Crippen molar-refractivity contribution in [2.45, 2.75) is 19.8 Å². The highest BCUT2D eigenvalue weighted by molar-refractivity contribution is 5.62. The van der Waals surface area contributed by atoms with Crippen LogP contribution in [0.3, 0.4) is 0 Å². The SMILES string of the molecule is CCCC#Cc1c([N+](=O)[O-])cccc1[N+](=O)[O-]. The zero-order valence-corrected chi connectivity index (χ0v) is 9.17. The maximum atomic E-state index is 10.7. The molecular weight excluding hydrogens is 224 g/mol. The third-order valence-corrected chi connectivity index (χ3v) is 2.00. The van der Waals surface area contributed by atoms with Crippen LogP contribution in [0.15, 0.2) is 18.2 Å². The van der Waals surface area contributed by atoms with Crippen LogP contribution in [0.2, 0.25) is 0 Å². The lowest BCUT2D eigenvalue weighted by atomic mass is 10.1. The first kappa shape index (κ1) is 12.6. The molecule has 1 aromatic carbocycles. The Kier molecular flexibility index (Phi) is 4.17. The molecule has 0 heterocycles. The lowest BCUT2D eigenvalue weighted by molar-refractivity contribution is -0.394. The minimum absolute atomic E-state index is 0.129. The van der Waals surface area contributed by atoms with E-state index in [2.05, 4.69) is 11.8 Å². The number of unbranched alkanes of at least 4 members (excludes halogenated alkanes) is 1. The van der Waals surface area contributed by atoms with E-state index in [1.54, 1.807) is 0 Å². The maximum absolute atomic E-state index is 10.7. The van der Waals surface area contributed by atoms with Gasteiger partial charge in [-0.05, 0) is 12.5 Å². The molecule has 88 valence electrons. The average Bonchev–Trinajstić information content (AvgIpc) is 2.28. The van der Waals surface area contributed by atoms with Crippen LogP contribution in [0.1, 0.15) is 25.3 Å². The normalized spacial score (nSPS) is 9.24. The summed E-state index contributed by atoms with van der Waals surface area (Å²) in [5.41, 5.74) is -0.790. The van der Waals surface area contributed by atoms with Crippen molar-refractivity contribution in [2.75, 3.05) is 0 Å². The summed E-state index contributed by atoms with van der Waals surface area (Å²) in [5, 5.41) is 21.5. The molecule has 0 bridgehead atoms. The molecule has 0 radical (unpaired) electrons. The first-order valence-electron chi connectivity index (χ1n) is 4.98. The summed E-state index contributed by atoms with van der Waals surface area (Å²) < 4.78 is 0. The summed E-state index contributed by atoms with van der Waals surface area (Å²) in [4.78, 5) is 20.2. The van der Waals surface area contributed by atoms with E-state index in [0.717, 1.165) is 6.42 Å². The van der Waals surface area contributed by atoms with Crippen LogP contribution >= 0.6 is 0 Å². The van der Waals surface area contributed by atoms with Gasteiger partial charge in [-0.25, -0.2) is 0 Å². The fourth-order valence-corrected chi connectivity index (χ4v) is 1.24. The van der Waals surface area contributed by atoms with Crippen LogP contribution in [0.5, 0.6) is 0 Å². The van der Waals surface area contributed by atoms with Crippen molar-refractivity contribution >= 4 is 11.4 Å². The van der Waals surface area contributed by atoms with Crippen LogP contribution in [0, 0.1) is 32.1 Å². The molecule has 0 atom stereocenters. The standard InChI is InChI=1S/C11H10N2O4/c1-2-3-4-6-9-10(12(14)15)7-5-8-11(9)13(16)17/h5,7-8H,2-3H2,1H3. The molecule has 1 aromatic rings. The number of benzene rings is 1. The Balaban J connectivity index is 3.35. The van der Waals surface area contributed by atoms with E-state index < -0.39 is 9.85 Å². The highest BCUT2D eigenvalue weighted by atomic mass is 16.6. The van der Waals surface area contributed by atoms with E-state index in [-0.39, 0.29) is 16.9 Å². The third-order valence-electron chi connectivity index (χ3n) is 2.00. The Bertz CT molecular complexity index is 482. The van der Waals surface area contributed by atoms with Gasteiger partial charge in [0, 0.05) is 18.6 Å². The van der Waals surface area contributed by atoms with E-state index >= 15 is 0 Å². The van der Waals surface area contributed by atoms with Crippen molar-refractivity contribution in [2.24, 2.45) is 0 Å². The fraction of sp³-hybridized carbons (Fsp3) is 0.273. The van der Waals surface area contributed by atoms with Gasteiger partial charge in [-0.15, -0.1) is 0 Å². The average molecular weight is 234 g/mol. The van der Waals surface area contributed by atoms with E-state index in [9.17, 15) is 20.2 Å². The Morgan fingerprint density at radius 2 is 1.71 bits per heavy atom. The Morgan fingerprint density at radius 3 is 2.12 bits per heavy atom. The molecular formula is C11H10N2O4. The molecule has 1 rings (SSSR count). The summed E-state index contributed by atoms with van der Waals surface area (Å²) in [6.07, 6.45) is 1.34. The van der Waals surface area contributed by atoms with E-state index in [1.807, 2.05) is 6.92 Å². The molecule has 0 aliphatic carbocycles. The van der Waals surface area contributed by atoms with Gasteiger partial charge in [-0.1, -0.05) is 18.8 Å². The summed E-state index contributed by atoms with van der Waals surface area (Å²) in [6, 6.07) is 3.70. The molecule has 6 heteroatoms. The van der Waals surface area contributed by atoms with Gasteiger partial charge >= 0.3 is 0 Å². The van der Waals surface area contributed by atoms with Crippen LogP contribution < -0.4 is 0 Å². The first-order chi connectivity index (χ1) is 8.07. The lowest BCUT2D eigenvalue weighted by Gasteiger charge is -1.97. The Labute approximate surface area is 97.6 Å². The van der Waals surface area contributed by atoms with E-state index in [1.165, 1.54) is 18.2 Å². The third kappa shape index (κ3) is 3.01. The second-order valence-corrected chi connectivity index (χ2v) is 3.24. The molecule has 6 nitrogen and oxygen atoms in total. The molecule has 0 unspecified atom stereocenters. The number of nitro benzene ring substituents is 2. The molecule has 17 heavy (non-hydrogen) atoms. The second kappa shape index (κ2) is 5.61. The van der Waals surface area contributed by atoms with Gasteiger partial charge in [-0.3, -0.25) is 20.2 Å². The van der Waals surface area contributed by atoms with Gasteiger partial charge in [0.2, 0.25) is 0 Å². The summed E-state index contributed by atoms with van der Waals surface area (Å²) >= 11 is 0. The van der Waals surface area contributed by atoms with Crippen LogP contribution in [0.4, 0.5) is 11.4 Å². The summed E-state index contributed by atoms with van der Waals surface area (Å²) in [5.74, 6) is 5.20. The summed E-state index contributed by atoms with van der Waals surface area (Å²) in [6.45, 7) is 1.91. The highest BCUT2D eigenvalue weighted by Gasteiger charge is 2.22. The van der Waals surface area contributed by atoms with Gasteiger partial charge in [-0.2, -0.15) is 0 Å². The smallest absolute Gasteiger partial charge is 0.258 e. The van der Waals surface area contributed by atoms with Crippen LogP contribution in [-0.4, -0.2) is 9.85 Å². The van der Waals surface area contributed by atoms with Gasteiger partial charge in [0.1, 0.15) is 0 Å². The number of hydrogen-bond acceptors (Lipinski definition) is 4. The summed E-state index contributed by atoms with van der Waals surface area (Å²) in [7, 11) is 0. The second-order valence-electron chi connectivity index (χ2n) is 3.24. The van der Waals surface area contributed by atoms with Gasteiger partial charge in [0.25, 0.3) is 11.4 Å². The predicted molar refractivity (Wildman–Crippen MR) is 61.5 cm³/mol. The van der Waals surface area contributed by atoms with Crippen molar-refractivity contribution in [3.05, 3.63) is 44.0 Å². The van der Waals surface area contributed by atoms with Crippen molar-refractivity contribution in [3.63, 3.8) is 0 Å². The Morgan fingerprint density at radius 1 is 1.18 bits per heavy atom. The zero-order chi connectivity index (χ0) is 12.8. The number of nitro groups is 2. The highest BCUT2D eigenvalue weighted by Crippen LogP contribution is 2.26. The fourth-order valence-electron chi connectivity index (χ4n) is 1.24. The minimum Gasteiger partial charge on any atom is -0.258 e. The molecule has 0 N–H and O–H groups in total. The number of hydrogen-bond donors (Lipinski definition) is 0. The maximum Gasteiger partial charge on any atom is 0.291 e. The molecule has 0 saturated carbocycles. The molecule has 0 spiro atoms. The van der Waals surface area contributed by atoms with E-state index in [4.69, 9.17) is 0 Å². The van der Waals surface area contributed by atoms with Crippen molar-refractivity contribution < 1.29 is 9.85 Å². The van der Waals surface area contributed by atoms with Crippen molar-refractivity contribution in [1.82, 2.24) is 0 Å².